The monoisotopic (exact) mass is 953 g/mol. The van der Waals surface area contributed by atoms with Gasteiger partial charge in [-0.15, -0.1) is 0 Å². The van der Waals surface area contributed by atoms with Gasteiger partial charge in [-0.1, -0.05) is 177 Å². The van der Waals surface area contributed by atoms with Crippen molar-refractivity contribution in [1.29, 1.82) is 0 Å². The van der Waals surface area contributed by atoms with E-state index in [-0.39, 0.29) is 19.4 Å². The molecule has 0 aliphatic carbocycles. The Hall–Kier alpha value is -2.65. The van der Waals surface area contributed by atoms with Crippen molar-refractivity contribution in [2.75, 3.05) is 19.0 Å². The smallest absolute Gasteiger partial charge is 0.306 e. The van der Waals surface area contributed by atoms with Crippen molar-refractivity contribution in [3.8, 4) is 0 Å². The molecule has 0 saturated carbocycles. The largest absolute Gasteiger partial charge is 0.462 e. The number of ether oxygens (including phenoxy) is 4. The first-order chi connectivity index (χ1) is 32.0. The third-order valence-corrected chi connectivity index (χ3v) is 12.3. The number of aliphatic hydroxyl groups is 3. The second-order valence-electron chi connectivity index (χ2n) is 17.8. The summed E-state index contributed by atoms with van der Waals surface area (Å²) in [5.41, 5.74) is 0. The molecule has 0 radical (unpaired) electrons. The van der Waals surface area contributed by atoms with Crippen LogP contribution in [-0.2, 0) is 38.7 Å². The van der Waals surface area contributed by atoms with E-state index in [1.807, 2.05) is 6.08 Å². The lowest BCUT2D eigenvalue weighted by molar-refractivity contribution is -0.297. The van der Waals surface area contributed by atoms with E-state index in [9.17, 15) is 37.9 Å². The van der Waals surface area contributed by atoms with Gasteiger partial charge >= 0.3 is 11.9 Å². The quantitative estimate of drug-likeness (QED) is 0.0196. The molecular formula is C53H92O12S. The van der Waals surface area contributed by atoms with Gasteiger partial charge in [-0.2, -0.15) is 8.42 Å². The van der Waals surface area contributed by atoms with Gasteiger partial charge < -0.3 is 34.3 Å². The van der Waals surface area contributed by atoms with Crippen molar-refractivity contribution in [1.82, 2.24) is 0 Å². The molecule has 13 heteroatoms. The van der Waals surface area contributed by atoms with Crippen LogP contribution < -0.4 is 0 Å². The molecule has 2 unspecified atom stereocenters. The van der Waals surface area contributed by atoms with E-state index in [1.165, 1.54) is 116 Å². The summed E-state index contributed by atoms with van der Waals surface area (Å²) in [4.78, 5) is 25.5. The number of hydrogen-bond donors (Lipinski definition) is 4. The molecule has 0 aromatic rings. The fourth-order valence-corrected chi connectivity index (χ4v) is 8.24. The van der Waals surface area contributed by atoms with Crippen LogP contribution in [0.2, 0.25) is 0 Å². The van der Waals surface area contributed by atoms with Crippen LogP contribution in [0.5, 0.6) is 0 Å². The van der Waals surface area contributed by atoms with E-state index in [1.54, 1.807) is 0 Å². The number of aliphatic hydroxyl groups excluding tert-OH is 3. The molecule has 0 aromatic carbocycles. The van der Waals surface area contributed by atoms with Crippen LogP contribution in [0.25, 0.3) is 0 Å². The molecule has 1 heterocycles. The lowest BCUT2D eigenvalue weighted by atomic mass is 10.00. The third kappa shape index (κ3) is 36.4. The van der Waals surface area contributed by atoms with Crippen molar-refractivity contribution >= 4 is 22.1 Å². The zero-order valence-corrected chi connectivity index (χ0v) is 41.9. The van der Waals surface area contributed by atoms with E-state index in [0.717, 1.165) is 44.9 Å². The maximum Gasteiger partial charge on any atom is 0.306 e. The number of unbranched alkanes of at least 4 members (excludes halogenated alkanes) is 21. The predicted octanol–water partition coefficient (Wildman–Crippen LogP) is 11.7. The lowest BCUT2D eigenvalue weighted by Gasteiger charge is -2.40. The topological polar surface area (TPSA) is 186 Å². The SMILES string of the molecule is CCCCC/C=C/C/C=C/C/C=C/C/C=C/CCCC(=O)OC[C@H](CO[C@H]1O[C@H](CS(=O)(=O)O)[C@@H](O)C(O)C1O)OC(=O)CCCCCCCCCCCCC/C=C/CCCCCCCC. The molecule has 66 heavy (non-hydrogen) atoms. The molecule has 4 N–H and O–H groups in total. The first kappa shape index (κ1) is 61.4. The summed E-state index contributed by atoms with van der Waals surface area (Å²) >= 11 is 0. The van der Waals surface area contributed by atoms with Crippen molar-refractivity contribution < 1.29 is 56.8 Å². The number of hydrogen-bond acceptors (Lipinski definition) is 11. The fourth-order valence-electron chi connectivity index (χ4n) is 7.55. The van der Waals surface area contributed by atoms with Crippen LogP contribution in [-0.4, -0.2) is 96.0 Å². The average molecular weight is 953 g/mol. The van der Waals surface area contributed by atoms with E-state index >= 15 is 0 Å². The molecule has 12 nitrogen and oxygen atoms in total. The van der Waals surface area contributed by atoms with Crippen LogP contribution >= 0.6 is 0 Å². The predicted molar refractivity (Wildman–Crippen MR) is 265 cm³/mol. The van der Waals surface area contributed by atoms with Gasteiger partial charge in [-0.25, -0.2) is 0 Å². The number of carbonyl (C=O) groups excluding carboxylic acids is 2. The summed E-state index contributed by atoms with van der Waals surface area (Å²) < 4.78 is 54.2. The Morgan fingerprint density at radius 3 is 1.44 bits per heavy atom. The Labute approximate surface area is 400 Å². The maximum absolute atomic E-state index is 12.9. The number of esters is 2. The zero-order chi connectivity index (χ0) is 48.4. The van der Waals surface area contributed by atoms with Gasteiger partial charge in [0, 0.05) is 12.8 Å². The van der Waals surface area contributed by atoms with Crippen LogP contribution in [0, 0.1) is 0 Å². The van der Waals surface area contributed by atoms with Crippen LogP contribution in [0.3, 0.4) is 0 Å². The molecular weight excluding hydrogens is 861 g/mol. The molecule has 0 bridgehead atoms. The van der Waals surface area contributed by atoms with Crippen molar-refractivity contribution in [2.24, 2.45) is 0 Å². The highest BCUT2D eigenvalue weighted by Crippen LogP contribution is 2.24. The van der Waals surface area contributed by atoms with Crippen molar-refractivity contribution in [3.05, 3.63) is 60.8 Å². The number of rotatable bonds is 43. The van der Waals surface area contributed by atoms with Gasteiger partial charge in [-0.05, 0) is 77.0 Å². The van der Waals surface area contributed by atoms with Gasteiger partial charge in [0.15, 0.2) is 12.4 Å². The third-order valence-electron chi connectivity index (χ3n) is 11.6. The molecule has 0 amide bonds. The first-order valence-electron chi connectivity index (χ1n) is 25.8. The van der Waals surface area contributed by atoms with Gasteiger partial charge in [0.05, 0.1) is 6.61 Å². The maximum atomic E-state index is 12.9. The highest BCUT2D eigenvalue weighted by atomic mass is 32.2. The minimum atomic E-state index is -4.61. The Bertz CT molecular complexity index is 1440. The summed E-state index contributed by atoms with van der Waals surface area (Å²) in [5, 5.41) is 31.0. The van der Waals surface area contributed by atoms with Gasteiger partial charge in [-0.3, -0.25) is 14.1 Å². The molecule has 1 fully saturated rings. The number of allylic oxidation sites excluding steroid dienone is 10. The summed E-state index contributed by atoms with van der Waals surface area (Å²) in [7, 11) is -4.61. The Kier molecular flexibility index (Phi) is 39.5. The number of carbonyl (C=O) groups is 2. The summed E-state index contributed by atoms with van der Waals surface area (Å²) in [6.45, 7) is 3.70. The Balaban J connectivity index is 2.41. The second-order valence-corrected chi connectivity index (χ2v) is 19.3. The molecule has 1 aliphatic heterocycles. The molecule has 1 saturated heterocycles. The Morgan fingerprint density at radius 2 is 0.924 bits per heavy atom. The molecule has 6 atom stereocenters. The Morgan fingerprint density at radius 1 is 0.515 bits per heavy atom. The molecule has 0 aromatic heterocycles. The summed E-state index contributed by atoms with van der Waals surface area (Å²) in [5.74, 6) is -2.06. The standard InChI is InChI=1S/C53H92O12S/c1-3-5-7-9-11-13-15-17-19-21-22-23-24-26-28-30-32-34-36-38-40-42-49(55)64-46(44-63-53-52(58)51(57)50(56)47(65-53)45-66(59,60)61)43-62-48(54)41-39-37-35-33-31-29-27-25-20-18-16-14-12-10-8-6-4-2/h12,14,17-20,27,29,33,35,46-47,50-53,56-58H,3-11,13,15-16,21-26,28,30-32,34,36-45H2,1-2H3,(H,59,60,61)/b14-12+,19-17+,20-18+,29-27+,35-33+/t46-,47-,50-,51?,52?,53+/m1/s1. The summed E-state index contributed by atoms with van der Waals surface area (Å²) in [6, 6.07) is 0. The van der Waals surface area contributed by atoms with Crippen LogP contribution in [0.4, 0.5) is 0 Å². The average Bonchev–Trinajstić information content (AvgIpc) is 3.28. The highest BCUT2D eigenvalue weighted by molar-refractivity contribution is 7.85. The molecule has 0 spiro atoms. The summed E-state index contributed by atoms with van der Waals surface area (Å²) in [6.07, 6.45) is 44.1. The van der Waals surface area contributed by atoms with Crippen LogP contribution in [0.15, 0.2) is 60.8 Å². The highest BCUT2D eigenvalue weighted by Gasteiger charge is 2.46. The normalized spacial score (nSPS) is 19.9. The van der Waals surface area contributed by atoms with Gasteiger partial charge in [0.2, 0.25) is 0 Å². The zero-order valence-electron chi connectivity index (χ0n) is 41.0. The lowest BCUT2D eigenvalue weighted by Crippen LogP contribution is -2.60. The second kappa shape index (κ2) is 42.5. The van der Waals surface area contributed by atoms with E-state index in [4.69, 9.17) is 18.9 Å². The fraction of sp³-hybridized carbons (Fsp3) is 0.774. The minimum Gasteiger partial charge on any atom is -0.462 e. The van der Waals surface area contributed by atoms with Crippen molar-refractivity contribution in [2.45, 2.75) is 243 Å². The molecule has 382 valence electrons. The molecule has 1 aliphatic rings. The minimum absolute atomic E-state index is 0.142. The van der Waals surface area contributed by atoms with E-state index < -0.39 is 71.2 Å². The van der Waals surface area contributed by atoms with Gasteiger partial charge in [0.25, 0.3) is 10.1 Å². The first-order valence-corrected chi connectivity index (χ1v) is 27.5. The molecule has 1 rings (SSSR count). The van der Waals surface area contributed by atoms with E-state index in [2.05, 4.69) is 68.5 Å². The van der Waals surface area contributed by atoms with Crippen LogP contribution in [0.1, 0.15) is 206 Å². The van der Waals surface area contributed by atoms with E-state index in [0.29, 0.717) is 19.3 Å². The van der Waals surface area contributed by atoms with Gasteiger partial charge in [0.1, 0.15) is 36.8 Å². The van der Waals surface area contributed by atoms with Crippen molar-refractivity contribution in [3.63, 3.8) is 0 Å².